The van der Waals surface area contributed by atoms with E-state index >= 15 is 0 Å². The highest BCUT2D eigenvalue weighted by atomic mass is 16.6. The second-order valence-electron chi connectivity index (χ2n) is 8.50. The Kier molecular flexibility index (Phi) is 6.72. The summed E-state index contributed by atoms with van der Waals surface area (Å²) in [7, 11) is 0. The molecule has 6 nitrogen and oxygen atoms in total. The van der Waals surface area contributed by atoms with E-state index in [9.17, 15) is 14.7 Å². The van der Waals surface area contributed by atoms with E-state index in [1.165, 1.54) is 0 Å². The van der Waals surface area contributed by atoms with Gasteiger partial charge in [0.25, 0.3) is 0 Å². The number of carbonyl (C=O) groups excluding carboxylic acids is 1. The van der Waals surface area contributed by atoms with Crippen LogP contribution in [0.5, 0.6) is 0 Å². The molecule has 0 unspecified atom stereocenters. The second-order valence-corrected chi connectivity index (χ2v) is 8.50. The molecule has 0 spiro atoms. The number of carboxylic acid groups (broad SMARTS) is 1. The van der Waals surface area contributed by atoms with E-state index in [1.54, 1.807) is 4.90 Å². The number of amides is 1. The average molecular weight is 354 g/mol. The molecule has 2 fully saturated rings. The van der Waals surface area contributed by atoms with Gasteiger partial charge in [0.1, 0.15) is 11.6 Å². The number of carboxylic acids is 1. The summed E-state index contributed by atoms with van der Waals surface area (Å²) < 4.78 is 5.47. The SMILES string of the molecule is CCN(C[C@@H]1CCN([C@H](C(=O)O)C2CCCC2)C1)C(=O)OC(C)(C)C. The Hall–Kier alpha value is -1.30. The third kappa shape index (κ3) is 5.59. The fourth-order valence-electron chi connectivity index (χ4n) is 4.16. The van der Waals surface area contributed by atoms with Gasteiger partial charge in [-0.1, -0.05) is 12.8 Å². The first-order valence-electron chi connectivity index (χ1n) is 9.66. The number of nitrogens with zero attached hydrogens (tertiary/aromatic N) is 2. The summed E-state index contributed by atoms with van der Waals surface area (Å²) in [6, 6.07) is -0.357. The van der Waals surface area contributed by atoms with Crippen molar-refractivity contribution in [2.24, 2.45) is 11.8 Å². The Morgan fingerprint density at radius 1 is 1.24 bits per heavy atom. The van der Waals surface area contributed by atoms with Crippen LogP contribution < -0.4 is 0 Å². The maximum atomic E-state index is 12.3. The molecule has 0 aromatic heterocycles. The van der Waals surface area contributed by atoms with Gasteiger partial charge in [-0.05, 0) is 65.3 Å². The zero-order valence-corrected chi connectivity index (χ0v) is 16.2. The van der Waals surface area contributed by atoms with Crippen molar-refractivity contribution in [3.05, 3.63) is 0 Å². The molecule has 1 amide bonds. The lowest BCUT2D eigenvalue weighted by Crippen LogP contribution is -2.45. The number of rotatable bonds is 6. The van der Waals surface area contributed by atoms with Gasteiger partial charge in [0, 0.05) is 19.6 Å². The van der Waals surface area contributed by atoms with Crippen LogP contribution in [0.15, 0.2) is 0 Å². The molecule has 144 valence electrons. The molecule has 25 heavy (non-hydrogen) atoms. The van der Waals surface area contributed by atoms with Crippen molar-refractivity contribution in [1.82, 2.24) is 9.80 Å². The molecule has 0 aromatic carbocycles. The molecule has 1 N–H and O–H groups in total. The number of hydrogen-bond donors (Lipinski definition) is 1. The Balaban J connectivity index is 1.92. The van der Waals surface area contributed by atoms with E-state index < -0.39 is 11.6 Å². The van der Waals surface area contributed by atoms with E-state index in [-0.39, 0.29) is 18.1 Å². The van der Waals surface area contributed by atoms with Crippen molar-refractivity contribution >= 4 is 12.1 Å². The highest BCUT2D eigenvalue weighted by Gasteiger charge is 2.39. The number of ether oxygens (including phenoxy) is 1. The van der Waals surface area contributed by atoms with Crippen LogP contribution in [-0.4, -0.2) is 64.8 Å². The highest BCUT2D eigenvalue weighted by Crippen LogP contribution is 2.33. The molecule has 1 saturated heterocycles. The van der Waals surface area contributed by atoms with Crippen LogP contribution in [0.3, 0.4) is 0 Å². The van der Waals surface area contributed by atoms with Crippen molar-refractivity contribution in [2.75, 3.05) is 26.2 Å². The molecule has 2 rings (SSSR count). The first-order valence-corrected chi connectivity index (χ1v) is 9.66. The minimum atomic E-state index is -0.688. The van der Waals surface area contributed by atoms with Gasteiger partial charge >= 0.3 is 12.1 Å². The van der Waals surface area contributed by atoms with Crippen molar-refractivity contribution < 1.29 is 19.4 Å². The summed E-state index contributed by atoms with van der Waals surface area (Å²) >= 11 is 0. The minimum absolute atomic E-state index is 0.279. The molecule has 0 bridgehead atoms. The third-order valence-electron chi connectivity index (χ3n) is 5.32. The molecule has 2 atom stereocenters. The third-order valence-corrected chi connectivity index (χ3v) is 5.32. The topological polar surface area (TPSA) is 70.1 Å². The Labute approximate surface area is 151 Å². The van der Waals surface area contributed by atoms with Gasteiger partial charge in [-0.25, -0.2) is 4.79 Å². The van der Waals surface area contributed by atoms with Gasteiger partial charge in [0.05, 0.1) is 0 Å². The van der Waals surface area contributed by atoms with Crippen LogP contribution in [0.4, 0.5) is 4.79 Å². The molecular formula is C19H34N2O4. The van der Waals surface area contributed by atoms with E-state index in [1.807, 2.05) is 27.7 Å². The van der Waals surface area contributed by atoms with Gasteiger partial charge in [0.2, 0.25) is 0 Å². The Morgan fingerprint density at radius 2 is 1.88 bits per heavy atom. The van der Waals surface area contributed by atoms with Crippen LogP contribution in [0.25, 0.3) is 0 Å². The number of aliphatic carboxylic acids is 1. The fraction of sp³-hybridized carbons (Fsp3) is 0.895. The van der Waals surface area contributed by atoms with Crippen LogP contribution in [-0.2, 0) is 9.53 Å². The van der Waals surface area contributed by atoms with Gasteiger partial charge in [-0.2, -0.15) is 0 Å². The lowest BCUT2D eigenvalue weighted by Gasteiger charge is -2.30. The first kappa shape index (κ1) is 20.0. The van der Waals surface area contributed by atoms with Gasteiger partial charge in [0.15, 0.2) is 0 Å². The molecule has 1 aliphatic heterocycles. The maximum absolute atomic E-state index is 12.3. The van der Waals surface area contributed by atoms with Gasteiger partial charge in [-0.3, -0.25) is 9.69 Å². The van der Waals surface area contributed by atoms with E-state index in [0.717, 1.165) is 45.2 Å². The standard InChI is InChI=1S/C19H34N2O4/c1-5-20(18(24)25-19(2,3)4)12-14-10-11-21(13-14)16(17(22)23)15-8-6-7-9-15/h14-16H,5-13H2,1-4H3,(H,22,23)/t14-,16-/m0/s1. The summed E-state index contributed by atoms with van der Waals surface area (Å²) in [5.74, 6) is -0.0906. The molecule has 6 heteroatoms. The number of carbonyl (C=O) groups is 2. The molecular weight excluding hydrogens is 320 g/mol. The van der Waals surface area contributed by atoms with Crippen molar-refractivity contribution in [2.45, 2.75) is 71.4 Å². The predicted molar refractivity (Wildman–Crippen MR) is 96.5 cm³/mol. The normalized spacial score (nSPS) is 23.6. The molecule has 0 radical (unpaired) electrons. The second kappa shape index (κ2) is 8.39. The molecule has 0 aromatic rings. The quantitative estimate of drug-likeness (QED) is 0.793. The fourth-order valence-corrected chi connectivity index (χ4v) is 4.16. The molecule has 1 saturated carbocycles. The van der Waals surface area contributed by atoms with E-state index in [0.29, 0.717) is 19.0 Å². The molecule has 1 heterocycles. The zero-order chi connectivity index (χ0) is 18.6. The average Bonchev–Trinajstić information content (AvgIpc) is 3.15. The summed E-state index contributed by atoms with van der Waals surface area (Å²) in [4.78, 5) is 28.0. The van der Waals surface area contributed by atoms with Crippen LogP contribution >= 0.6 is 0 Å². The highest BCUT2D eigenvalue weighted by molar-refractivity contribution is 5.74. The van der Waals surface area contributed by atoms with Gasteiger partial charge < -0.3 is 14.7 Å². The lowest BCUT2D eigenvalue weighted by molar-refractivity contribution is -0.145. The molecule has 2 aliphatic rings. The zero-order valence-electron chi connectivity index (χ0n) is 16.2. The van der Waals surface area contributed by atoms with Crippen molar-refractivity contribution in [1.29, 1.82) is 0 Å². The largest absolute Gasteiger partial charge is 0.480 e. The monoisotopic (exact) mass is 354 g/mol. The predicted octanol–water partition coefficient (Wildman–Crippen LogP) is 3.21. The van der Waals surface area contributed by atoms with Crippen molar-refractivity contribution in [3.8, 4) is 0 Å². The Bertz CT molecular complexity index is 469. The van der Waals surface area contributed by atoms with E-state index in [4.69, 9.17) is 4.74 Å². The molecule has 1 aliphatic carbocycles. The summed E-state index contributed by atoms with van der Waals surface area (Å²) in [6.45, 7) is 10.4. The number of hydrogen-bond acceptors (Lipinski definition) is 4. The van der Waals surface area contributed by atoms with Crippen LogP contribution in [0, 0.1) is 11.8 Å². The number of likely N-dealkylation sites (tertiary alicyclic amines) is 1. The van der Waals surface area contributed by atoms with E-state index in [2.05, 4.69) is 4.90 Å². The van der Waals surface area contributed by atoms with Crippen LogP contribution in [0.2, 0.25) is 0 Å². The summed E-state index contributed by atoms with van der Waals surface area (Å²) in [6.07, 6.45) is 5.01. The van der Waals surface area contributed by atoms with Gasteiger partial charge in [-0.15, -0.1) is 0 Å². The lowest BCUT2D eigenvalue weighted by atomic mass is 9.97. The first-order chi connectivity index (χ1) is 11.7. The summed E-state index contributed by atoms with van der Waals surface area (Å²) in [5.41, 5.74) is -0.497. The smallest absolute Gasteiger partial charge is 0.410 e. The Morgan fingerprint density at radius 3 is 2.40 bits per heavy atom. The van der Waals surface area contributed by atoms with Crippen molar-refractivity contribution in [3.63, 3.8) is 0 Å². The summed E-state index contributed by atoms with van der Waals surface area (Å²) in [5, 5.41) is 9.70. The minimum Gasteiger partial charge on any atom is -0.480 e. The van der Waals surface area contributed by atoms with Crippen LogP contribution in [0.1, 0.15) is 59.8 Å². The maximum Gasteiger partial charge on any atom is 0.410 e.